The van der Waals surface area contributed by atoms with E-state index in [0.29, 0.717) is 5.92 Å². The summed E-state index contributed by atoms with van der Waals surface area (Å²) in [6.07, 6.45) is 2.20. The molecule has 0 radical (unpaired) electrons. The minimum Gasteiger partial charge on any atom is -0.322 e. The van der Waals surface area contributed by atoms with E-state index < -0.39 is 0 Å². The SMILES string of the molecule is Cc1cc([C@H]2CCCN([C@@H](C)C(=O)Nc3c(C)nn(C)c3C)C2)n[nH]1. The van der Waals surface area contributed by atoms with Gasteiger partial charge in [0.2, 0.25) is 5.91 Å². The fourth-order valence-corrected chi connectivity index (χ4v) is 3.60. The van der Waals surface area contributed by atoms with Crippen molar-refractivity contribution in [3.05, 3.63) is 28.8 Å². The summed E-state index contributed by atoms with van der Waals surface area (Å²) in [6.45, 7) is 9.70. The molecule has 1 fully saturated rings. The topological polar surface area (TPSA) is 78.8 Å². The molecule has 1 aliphatic rings. The van der Waals surface area contributed by atoms with E-state index in [1.807, 2.05) is 34.7 Å². The van der Waals surface area contributed by atoms with Gasteiger partial charge in [0.05, 0.1) is 28.8 Å². The lowest BCUT2D eigenvalue weighted by molar-refractivity contribution is -0.121. The second kappa shape index (κ2) is 7.00. The number of aromatic nitrogens is 4. The van der Waals surface area contributed by atoms with Crippen molar-refractivity contribution in [1.29, 1.82) is 0 Å². The maximum atomic E-state index is 12.8. The van der Waals surface area contributed by atoms with Crippen LogP contribution in [0.4, 0.5) is 5.69 Å². The molecular formula is C18H28N6O. The molecule has 1 saturated heterocycles. The van der Waals surface area contributed by atoms with E-state index in [0.717, 1.165) is 54.4 Å². The van der Waals surface area contributed by atoms with Gasteiger partial charge >= 0.3 is 0 Å². The Hall–Kier alpha value is -2.15. The van der Waals surface area contributed by atoms with Gasteiger partial charge in [0.25, 0.3) is 0 Å². The first-order valence-corrected chi connectivity index (χ1v) is 8.93. The number of piperidine rings is 1. The predicted octanol–water partition coefficient (Wildman–Crippen LogP) is 2.28. The van der Waals surface area contributed by atoms with E-state index in [9.17, 15) is 4.79 Å². The highest BCUT2D eigenvalue weighted by atomic mass is 16.2. The van der Waals surface area contributed by atoms with Gasteiger partial charge in [-0.2, -0.15) is 10.2 Å². The Morgan fingerprint density at radius 3 is 2.76 bits per heavy atom. The summed E-state index contributed by atoms with van der Waals surface area (Å²) < 4.78 is 1.80. The van der Waals surface area contributed by atoms with E-state index in [2.05, 4.69) is 31.6 Å². The number of H-pyrrole nitrogens is 1. The Labute approximate surface area is 148 Å². The van der Waals surface area contributed by atoms with Crippen LogP contribution >= 0.6 is 0 Å². The molecule has 1 amide bonds. The second-order valence-electron chi connectivity index (χ2n) is 7.14. The van der Waals surface area contributed by atoms with E-state index in [1.165, 1.54) is 0 Å². The highest BCUT2D eigenvalue weighted by Crippen LogP contribution is 2.27. The zero-order valence-electron chi connectivity index (χ0n) is 15.8. The summed E-state index contributed by atoms with van der Waals surface area (Å²) in [6, 6.07) is 1.93. The van der Waals surface area contributed by atoms with Crippen molar-refractivity contribution in [2.24, 2.45) is 7.05 Å². The number of carbonyl (C=O) groups is 1. The number of carbonyl (C=O) groups excluding carboxylic acids is 1. The summed E-state index contributed by atoms with van der Waals surface area (Å²) in [5.74, 6) is 0.411. The third-order valence-corrected chi connectivity index (χ3v) is 5.28. The molecule has 0 saturated carbocycles. The van der Waals surface area contributed by atoms with Crippen molar-refractivity contribution < 1.29 is 4.79 Å². The Balaban J connectivity index is 1.67. The number of hydrogen-bond acceptors (Lipinski definition) is 4. The molecule has 1 aliphatic heterocycles. The van der Waals surface area contributed by atoms with Crippen LogP contribution in [0.25, 0.3) is 0 Å². The first-order chi connectivity index (χ1) is 11.9. The summed E-state index contributed by atoms with van der Waals surface area (Å²) in [5.41, 5.74) is 4.84. The van der Waals surface area contributed by atoms with Crippen molar-refractivity contribution in [1.82, 2.24) is 24.9 Å². The number of aromatic amines is 1. The predicted molar refractivity (Wildman–Crippen MR) is 97.6 cm³/mol. The molecule has 0 bridgehead atoms. The highest BCUT2D eigenvalue weighted by Gasteiger charge is 2.29. The molecule has 25 heavy (non-hydrogen) atoms. The lowest BCUT2D eigenvalue weighted by Crippen LogP contribution is -2.46. The highest BCUT2D eigenvalue weighted by molar-refractivity contribution is 5.95. The monoisotopic (exact) mass is 344 g/mol. The molecule has 0 aliphatic carbocycles. The number of rotatable bonds is 4. The van der Waals surface area contributed by atoms with Crippen LogP contribution in [0.5, 0.6) is 0 Å². The normalized spacial score (nSPS) is 19.8. The fraction of sp³-hybridized carbons (Fsp3) is 0.611. The molecule has 2 aromatic heterocycles. The largest absolute Gasteiger partial charge is 0.322 e. The lowest BCUT2D eigenvalue weighted by Gasteiger charge is -2.35. The maximum absolute atomic E-state index is 12.8. The molecule has 3 rings (SSSR count). The Morgan fingerprint density at radius 2 is 2.16 bits per heavy atom. The molecule has 0 spiro atoms. The molecule has 0 unspecified atom stereocenters. The van der Waals surface area contributed by atoms with Crippen molar-refractivity contribution in [3.63, 3.8) is 0 Å². The average molecular weight is 344 g/mol. The van der Waals surface area contributed by atoms with Gasteiger partial charge in [-0.3, -0.25) is 19.5 Å². The molecular weight excluding hydrogens is 316 g/mol. The van der Waals surface area contributed by atoms with Crippen LogP contribution in [-0.4, -0.2) is 49.9 Å². The number of likely N-dealkylation sites (tertiary alicyclic amines) is 1. The summed E-state index contributed by atoms with van der Waals surface area (Å²) >= 11 is 0. The molecule has 2 aromatic rings. The summed E-state index contributed by atoms with van der Waals surface area (Å²) in [5, 5.41) is 14.9. The van der Waals surface area contributed by atoms with Gasteiger partial charge in [0.15, 0.2) is 0 Å². The van der Waals surface area contributed by atoms with Crippen LogP contribution in [0, 0.1) is 20.8 Å². The van der Waals surface area contributed by atoms with E-state index >= 15 is 0 Å². The van der Waals surface area contributed by atoms with Gasteiger partial charge in [0, 0.05) is 25.2 Å². The minimum atomic E-state index is -0.179. The average Bonchev–Trinajstić information content (AvgIpc) is 3.13. The zero-order chi connectivity index (χ0) is 18.1. The van der Waals surface area contributed by atoms with E-state index in [1.54, 1.807) is 4.68 Å². The first-order valence-electron chi connectivity index (χ1n) is 8.93. The molecule has 7 heteroatoms. The molecule has 2 atom stereocenters. The van der Waals surface area contributed by atoms with Crippen molar-refractivity contribution in [2.75, 3.05) is 18.4 Å². The zero-order valence-corrected chi connectivity index (χ0v) is 15.8. The van der Waals surface area contributed by atoms with Crippen LogP contribution in [-0.2, 0) is 11.8 Å². The van der Waals surface area contributed by atoms with Gasteiger partial charge in [-0.05, 0) is 53.1 Å². The molecule has 0 aromatic carbocycles. The number of aryl methyl sites for hydroxylation is 3. The van der Waals surface area contributed by atoms with Gasteiger partial charge in [0.1, 0.15) is 0 Å². The molecule has 7 nitrogen and oxygen atoms in total. The van der Waals surface area contributed by atoms with Crippen LogP contribution in [0.15, 0.2) is 6.07 Å². The van der Waals surface area contributed by atoms with Crippen LogP contribution in [0.1, 0.15) is 48.5 Å². The molecule has 2 N–H and O–H groups in total. The van der Waals surface area contributed by atoms with Crippen LogP contribution in [0.3, 0.4) is 0 Å². The van der Waals surface area contributed by atoms with Crippen molar-refractivity contribution in [3.8, 4) is 0 Å². The summed E-state index contributed by atoms with van der Waals surface area (Å²) in [4.78, 5) is 15.0. The Morgan fingerprint density at radius 1 is 1.40 bits per heavy atom. The number of hydrogen-bond donors (Lipinski definition) is 2. The third-order valence-electron chi connectivity index (χ3n) is 5.28. The smallest absolute Gasteiger partial charge is 0.241 e. The van der Waals surface area contributed by atoms with Crippen molar-refractivity contribution in [2.45, 2.75) is 52.5 Å². The number of nitrogens with one attached hydrogen (secondary N) is 2. The number of anilines is 1. The number of amides is 1. The fourth-order valence-electron chi connectivity index (χ4n) is 3.60. The molecule has 136 valence electrons. The Bertz CT molecular complexity index is 762. The maximum Gasteiger partial charge on any atom is 0.241 e. The van der Waals surface area contributed by atoms with Crippen LogP contribution in [0.2, 0.25) is 0 Å². The quantitative estimate of drug-likeness (QED) is 0.892. The van der Waals surface area contributed by atoms with E-state index in [-0.39, 0.29) is 11.9 Å². The Kier molecular flexibility index (Phi) is 4.94. The van der Waals surface area contributed by atoms with Gasteiger partial charge in [-0.25, -0.2) is 0 Å². The lowest BCUT2D eigenvalue weighted by atomic mass is 9.93. The first kappa shape index (κ1) is 17.7. The third kappa shape index (κ3) is 3.61. The molecule has 3 heterocycles. The number of nitrogens with zero attached hydrogens (tertiary/aromatic N) is 4. The minimum absolute atomic E-state index is 0.0260. The summed E-state index contributed by atoms with van der Waals surface area (Å²) in [7, 11) is 1.89. The van der Waals surface area contributed by atoms with Crippen molar-refractivity contribution >= 4 is 11.6 Å². The van der Waals surface area contributed by atoms with Gasteiger partial charge in [-0.1, -0.05) is 0 Å². The van der Waals surface area contributed by atoms with Gasteiger partial charge in [-0.15, -0.1) is 0 Å². The standard InChI is InChI=1S/C18H28N6O/c1-11-9-16(21-20-11)15-7-6-8-24(10-15)14(4)18(25)19-17-12(2)22-23(5)13(17)3/h9,14-15H,6-8,10H2,1-5H3,(H,19,25)(H,20,21)/t14-,15-/m0/s1. The van der Waals surface area contributed by atoms with Crippen LogP contribution < -0.4 is 5.32 Å². The van der Waals surface area contributed by atoms with E-state index in [4.69, 9.17) is 0 Å². The van der Waals surface area contributed by atoms with Gasteiger partial charge < -0.3 is 5.32 Å². The second-order valence-corrected chi connectivity index (χ2v) is 7.14.